The van der Waals surface area contributed by atoms with Crippen LogP contribution in [0.1, 0.15) is 164 Å². The van der Waals surface area contributed by atoms with Crippen molar-refractivity contribution >= 4 is 150 Å². The van der Waals surface area contributed by atoms with Crippen LogP contribution in [-0.2, 0) is 42.7 Å². The highest BCUT2D eigenvalue weighted by atomic mass is 35.5. The molecule has 0 radical (unpaired) electrons. The second kappa shape index (κ2) is 34.2. The van der Waals surface area contributed by atoms with Crippen molar-refractivity contribution in [2.75, 3.05) is 20.1 Å². The molecule has 122 heavy (non-hydrogen) atoms. The number of ketones is 3. The Hall–Kier alpha value is -10.1. The number of halogens is 3. The number of thiazole rings is 3. The van der Waals surface area contributed by atoms with Crippen LogP contribution in [0.5, 0.6) is 0 Å². The number of nitrogens with zero attached hydrogens (tertiary/aromatic N) is 11. The minimum absolute atomic E-state index is 0.0287. The minimum Gasteiger partial charge on any atom is -0.360 e. The van der Waals surface area contributed by atoms with E-state index in [9.17, 15) is 14.4 Å². The maximum Gasteiger partial charge on any atom is 0.163 e. The number of aromatic nitrogens is 10. The van der Waals surface area contributed by atoms with Gasteiger partial charge in [-0.3, -0.25) is 19.4 Å². The summed E-state index contributed by atoms with van der Waals surface area (Å²) in [5, 5.41) is 6.86. The Morgan fingerprint density at radius 1 is 0.418 bits per heavy atom. The lowest BCUT2D eigenvalue weighted by Crippen LogP contribution is -2.27. The summed E-state index contributed by atoms with van der Waals surface area (Å²) in [4.78, 5) is 76.1. The van der Waals surface area contributed by atoms with E-state index in [2.05, 4.69) is 103 Å². The number of carbonyl (C=O) groups is 3. The van der Waals surface area contributed by atoms with Gasteiger partial charge in [0, 0.05) is 116 Å². The number of rotatable bonds is 17. The van der Waals surface area contributed by atoms with Crippen LogP contribution in [0.2, 0.25) is 15.1 Å². The number of likely N-dealkylation sites (N-methyl/N-ethyl adjacent to an activating group) is 1. The summed E-state index contributed by atoms with van der Waals surface area (Å²) in [5.41, 5.74) is 23.2. The van der Waals surface area contributed by atoms with E-state index in [4.69, 9.17) is 78.9 Å². The topological polar surface area (TPSA) is 187 Å². The van der Waals surface area contributed by atoms with E-state index < -0.39 is 35.1 Å². The third-order valence-corrected chi connectivity index (χ3v) is 26.0. The molecule has 0 spiro atoms. The van der Waals surface area contributed by atoms with Crippen LogP contribution in [0.3, 0.4) is 0 Å². The molecule has 16 aromatic rings. The fourth-order valence-electron chi connectivity index (χ4n) is 16.6. The van der Waals surface area contributed by atoms with Crippen LogP contribution >= 0.6 is 68.8 Å². The molecule has 4 atom stereocenters. The monoisotopic (exact) mass is 1740 g/mol. The molecule has 1 aliphatic rings. The van der Waals surface area contributed by atoms with Gasteiger partial charge in [-0.05, 0) is 298 Å². The maximum absolute atomic E-state index is 13.1. The molecule has 0 bridgehead atoms. The van der Waals surface area contributed by atoms with Gasteiger partial charge in [0.2, 0.25) is 0 Å². The van der Waals surface area contributed by atoms with Crippen molar-refractivity contribution in [1.29, 1.82) is 0 Å². The second-order valence-electron chi connectivity index (χ2n) is 35.1. The first kappa shape index (κ1) is 86.9. The molecule has 626 valence electrons. The molecular formula is C99H100Cl3N11O6S3. The largest absolute Gasteiger partial charge is 0.360 e. The van der Waals surface area contributed by atoms with Gasteiger partial charge in [-0.25, -0.2) is 29.9 Å². The predicted molar refractivity (Wildman–Crippen MR) is 504 cm³/mol. The molecule has 0 amide bonds. The van der Waals surface area contributed by atoms with Gasteiger partial charge < -0.3 is 32.8 Å². The van der Waals surface area contributed by atoms with Gasteiger partial charge >= 0.3 is 0 Å². The van der Waals surface area contributed by atoms with Crippen LogP contribution in [0.4, 0.5) is 0 Å². The molecule has 1 fully saturated rings. The SMILES string of the molecule is CC(=O)[C@@H](OC(C)(C)C)c1c(C)cc2nc(-c3ccc4c(C)cn(C)c4n3)sc2c1-c1ccc(Cl)cc1.CC(=O)[C@@H](OC(C)(C)C)c1c(C)cc2nc(-c3ccc4nc(C)n([C@H]5CCN(C)C5)c4c3)sc2c1-c1ccc(Cl)cc1.CC(=O)[C@@H](OC(C)(C)C)c1c(C)cc2nc(-c3ccnc(-c4ccc5c(C)cn(C)c5n4)c3)sc2c1-c1ccc(Cl)cc1. The van der Waals surface area contributed by atoms with E-state index in [1.54, 1.807) is 61.0 Å². The van der Waals surface area contributed by atoms with Gasteiger partial charge in [-0.1, -0.05) is 71.2 Å². The quantitative estimate of drug-likeness (QED) is 0.0837. The Morgan fingerprint density at radius 3 is 1.19 bits per heavy atom. The number of pyridine rings is 3. The molecule has 0 unspecified atom stereocenters. The lowest BCUT2D eigenvalue weighted by Gasteiger charge is -2.29. The number of hydrogen-bond donors (Lipinski definition) is 0. The van der Waals surface area contributed by atoms with Crippen LogP contribution < -0.4 is 0 Å². The van der Waals surface area contributed by atoms with Gasteiger partial charge in [-0.15, -0.1) is 34.0 Å². The molecule has 0 aliphatic carbocycles. The zero-order valence-corrected chi connectivity index (χ0v) is 77.5. The van der Waals surface area contributed by atoms with Gasteiger partial charge in [-0.2, -0.15) is 0 Å². The van der Waals surface area contributed by atoms with Crippen molar-refractivity contribution in [2.24, 2.45) is 14.1 Å². The standard InChI is InChI=1S/C35H33ClN4O2S.C34H37ClN4O2S.C30H30ClN3O2S/c1-19-16-28-32(30(22-8-10-24(36)11-9-22)29(19)31(21(3)41)42-35(4,5)6)43-34(39-28)23-14-15-37-27(17-23)26-13-12-25-20(2)18-40(7)33(25)38-26;1-19-16-27-32(30(22-8-11-24(35)12-9-22)29(19)31(20(2)40)41-34(4,5)6)42-33(37-27)23-10-13-26-28(17-23)39(21(3)36-26)25-14-15-38(7)18-25;1-16-14-23-27(37-29(33-23)22-13-12-21-17(2)15-34(7)28(21)32-22)25(19-8-10-20(31)11-9-19)24(16)26(18(3)35)36-30(4,5)6/h8-18,31H,1-7H3;8-13,16-17,25,31H,14-15,18H2,1-7H3;8-15,26H,1-7H3/t31-;25-,31+;26-/m101/s1. The fraction of sp³-hybridized carbons (Fsp3) is 0.313. The lowest BCUT2D eigenvalue weighted by molar-refractivity contribution is -0.139. The van der Waals surface area contributed by atoms with E-state index in [1.165, 1.54) is 11.1 Å². The van der Waals surface area contributed by atoms with E-state index in [1.807, 2.05) is 203 Å². The average Bonchev–Trinajstić information content (AvgIpc) is 1.54. The summed E-state index contributed by atoms with van der Waals surface area (Å²) < 4.78 is 28.6. The summed E-state index contributed by atoms with van der Waals surface area (Å²) in [6.45, 7) is 37.0. The third-order valence-electron chi connectivity index (χ3n) is 21.9. The van der Waals surface area contributed by atoms with E-state index in [-0.39, 0.29) is 17.3 Å². The molecule has 0 N–H and O–H groups in total. The zero-order chi connectivity index (χ0) is 87.2. The normalized spacial score (nSPS) is 14.3. The molecule has 17 nitrogen and oxygen atoms in total. The Morgan fingerprint density at radius 2 is 0.795 bits per heavy atom. The molecule has 1 saturated heterocycles. The van der Waals surface area contributed by atoms with Gasteiger partial charge in [0.05, 0.1) is 69.9 Å². The molecule has 17 rings (SSSR count). The van der Waals surface area contributed by atoms with Crippen LogP contribution in [0.25, 0.3) is 140 Å². The molecular weight excluding hydrogens is 1640 g/mol. The molecule has 7 aromatic carbocycles. The van der Waals surface area contributed by atoms with Crippen LogP contribution in [-0.4, -0.2) is 108 Å². The van der Waals surface area contributed by atoms with E-state index in [0.717, 1.165) is 199 Å². The van der Waals surface area contributed by atoms with Crippen molar-refractivity contribution in [3.05, 3.63) is 230 Å². The van der Waals surface area contributed by atoms with E-state index >= 15 is 0 Å². The summed E-state index contributed by atoms with van der Waals surface area (Å²) in [5.74, 6) is 0.933. The van der Waals surface area contributed by atoms with Crippen molar-refractivity contribution in [3.63, 3.8) is 0 Å². The van der Waals surface area contributed by atoms with Crippen molar-refractivity contribution in [1.82, 2.24) is 53.5 Å². The smallest absolute Gasteiger partial charge is 0.163 e. The highest BCUT2D eigenvalue weighted by Crippen LogP contribution is 2.50. The number of ether oxygens (including phenoxy) is 3. The summed E-state index contributed by atoms with van der Waals surface area (Å²) in [6.07, 6.45) is 4.96. The number of imidazole rings is 1. The van der Waals surface area contributed by atoms with Crippen LogP contribution in [0.15, 0.2) is 164 Å². The van der Waals surface area contributed by atoms with Crippen molar-refractivity contribution in [2.45, 2.75) is 172 Å². The van der Waals surface area contributed by atoms with Crippen molar-refractivity contribution < 1.29 is 28.6 Å². The highest BCUT2D eigenvalue weighted by Gasteiger charge is 2.36. The Bertz CT molecular complexity index is 6780. The van der Waals surface area contributed by atoms with Gasteiger partial charge in [0.25, 0.3) is 0 Å². The molecule has 1 aliphatic heterocycles. The number of fused-ring (bicyclic) bond motifs is 6. The minimum atomic E-state index is -0.727. The number of carbonyl (C=O) groups excluding carboxylic acids is 3. The molecule has 23 heteroatoms. The van der Waals surface area contributed by atoms with E-state index in [0.29, 0.717) is 21.1 Å². The maximum atomic E-state index is 13.1. The number of likely N-dealkylation sites (tertiary alicyclic amines) is 1. The Labute approximate surface area is 739 Å². The first-order chi connectivity index (χ1) is 57.7. The molecule has 0 saturated carbocycles. The van der Waals surface area contributed by atoms with Gasteiger partial charge in [0.1, 0.15) is 56.1 Å². The average molecular weight is 1740 g/mol. The summed E-state index contributed by atoms with van der Waals surface area (Å²) in [7, 11) is 6.20. The number of Topliss-reactive ketones (excluding diaryl/α,β-unsaturated/α-hetero) is 3. The Kier molecular flexibility index (Phi) is 24.4. The van der Waals surface area contributed by atoms with Crippen molar-refractivity contribution in [3.8, 4) is 76.6 Å². The predicted octanol–water partition coefficient (Wildman–Crippen LogP) is 26.1. The zero-order valence-electron chi connectivity index (χ0n) is 72.7. The second-order valence-corrected chi connectivity index (χ2v) is 39.4. The highest BCUT2D eigenvalue weighted by molar-refractivity contribution is 7.23. The first-order valence-electron chi connectivity index (χ1n) is 40.9. The number of benzene rings is 7. The lowest BCUT2D eigenvalue weighted by atomic mass is 9.90. The molecule has 9 aromatic heterocycles. The first-order valence-corrected chi connectivity index (χ1v) is 44.4. The number of hydrogen-bond acceptors (Lipinski definition) is 17. The summed E-state index contributed by atoms with van der Waals surface area (Å²) in [6, 6.07) is 48.6. The number of aryl methyl sites for hydroxylation is 8. The Balaban J connectivity index is 0.000000143. The molecule has 10 heterocycles. The third kappa shape index (κ3) is 18.0. The van der Waals surface area contributed by atoms with Gasteiger partial charge in [0.15, 0.2) is 17.3 Å². The summed E-state index contributed by atoms with van der Waals surface area (Å²) >= 11 is 23.6. The fourth-order valence-corrected chi connectivity index (χ4v) is 20.3. The van der Waals surface area contributed by atoms with Crippen LogP contribution in [0, 0.1) is 41.5 Å².